The molecule has 2 rings (SSSR count). The maximum absolute atomic E-state index is 11.9. The highest BCUT2D eigenvalue weighted by Crippen LogP contribution is 2.29. The van der Waals surface area contributed by atoms with Gasteiger partial charge < -0.3 is 20.1 Å². The van der Waals surface area contributed by atoms with E-state index in [4.69, 9.17) is 21.1 Å². The van der Waals surface area contributed by atoms with Gasteiger partial charge in [-0.2, -0.15) is 0 Å². The van der Waals surface area contributed by atoms with Crippen LogP contribution in [0.5, 0.6) is 11.5 Å². The lowest BCUT2D eigenvalue weighted by molar-refractivity contribution is 0.262. The Labute approximate surface area is 127 Å². The Hall–Kier alpha value is -2.40. The fraction of sp³-hybridized carbons (Fsp3) is 0.133. The standard InChI is InChI=1S/C15H15ClN2O3/c1-20-13-8-7-12(9-14(13)21-2)18-15(19)17-11-5-3-10(16)4-6-11/h3-9H,1-2H3,(H2,17,18,19). The lowest BCUT2D eigenvalue weighted by Gasteiger charge is -2.11. The second-order valence-electron chi connectivity index (χ2n) is 4.16. The number of amides is 2. The van der Waals surface area contributed by atoms with Crippen LogP contribution < -0.4 is 20.1 Å². The van der Waals surface area contributed by atoms with E-state index in [1.807, 2.05) is 0 Å². The van der Waals surface area contributed by atoms with E-state index in [0.717, 1.165) is 0 Å². The summed E-state index contributed by atoms with van der Waals surface area (Å²) in [7, 11) is 3.09. The second kappa shape index (κ2) is 6.85. The normalized spacial score (nSPS) is 9.86. The number of hydrogen-bond donors (Lipinski definition) is 2. The van der Waals surface area contributed by atoms with E-state index in [-0.39, 0.29) is 6.03 Å². The van der Waals surface area contributed by atoms with Crippen LogP contribution in [0.2, 0.25) is 5.02 Å². The molecule has 2 aromatic rings. The quantitative estimate of drug-likeness (QED) is 0.897. The van der Waals surface area contributed by atoms with Crippen LogP contribution in [0.4, 0.5) is 16.2 Å². The van der Waals surface area contributed by atoms with Crippen LogP contribution in [0, 0.1) is 0 Å². The minimum atomic E-state index is -0.357. The van der Waals surface area contributed by atoms with Crippen LogP contribution >= 0.6 is 11.6 Å². The van der Waals surface area contributed by atoms with Crippen LogP contribution in [0.3, 0.4) is 0 Å². The zero-order valence-electron chi connectivity index (χ0n) is 11.6. The first kappa shape index (κ1) is 15.0. The minimum Gasteiger partial charge on any atom is -0.493 e. The largest absolute Gasteiger partial charge is 0.493 e. The Bertz CT molecular complexity index is 629. The van der Waals surface area contributed by atoms with Gasteiger partial charge in [0, 0.05) is 22.5 Å². The molecule has 110 valence electrons. The summed E-state index contributed by atoms with van der Waals surface area (Å²) in [6.45, 7) is 0. The Morgan fingerprint density at radius 3 is 2.10 bits per heavy atom. The van der Waals surface area contributed by atoms with Crippen LogP contribution in [-0.4, -0.2) is 20.3 Å². The SMILES string of the molecule is COc1ccc(NC(=O)Nc2ccc(Cl)cc2)cc1OC. The fourth-order valence-corrected chi connectivity index (χ4v) is 1.87. The number of carbonyl (C=O) groups excluding carboxylic acids is 1. The van der Waals surface area contributed by atoms with Crippen LogP contribution in [0.15, 0.2) is 42.5 Å². The Kier molecular flexibility index (Phi) is 4.90. The molecule has 21 heavy (non-hydrogen) atoms. The predicted molar refractivity (Wildman–Crippen MR) is 83.6 cm³/mol. The topological polar surface area (TPSA) is 59.6 Å². The van der Waals surface area contributed by atoms with E-state index in [1.54, 1.807) is 49.6 Å². The molecule has 0 fully saturated rings. The monoisotopic (exact) mass is 306 g/mol. The molecule has 0 radical (unpaired) electrons. The third-order valence-corrected chi connectivity index (χ3v) is 3.00. The molecule has 0 aliphatic heterocycles. The van der Waals surface area contributed by atoms with Crippen molar-refractivity contribution in [3.8, 4) is 11.5 Å². The Balaban J connectivity index is 2.04. The van der Waals surface area contributed by atoms with Gasteiger partial charge in [-0.25, -0.2) is 4.79 Å². The number of rotatable bonds is 4. The zero-order chi connectivity index (χ0) is 15.2. The highest BCUT2D eigenvalue weighted by molar-refractivity contribution is 6.30. The van der Waals surface area contributed by atoms with Crippen molar-refractivity contribution in [3.63, 3.8) is 0 Å². The maximum atomic E-state index is 11.9. The molecule has 0 aromatic heterocycles. The van der Waals surface area contributed by atoms with Crippen LogP contribution in [-0.2, 0) is 0 Å². The number of halogens is 1. The number of methoxy groups -OCH3 is 2. The van der Waals surface area contributed by atoms with Gasteiger partial charge in [0.15, 0.2) is 11.5 Å². The highest BCUT2D eigenvalue weighted by atomic mass is 35.5. The van der Waals surface area contributed by atoms with E-state index in [9.17, 15) is 4.79 Å². The van der Waals surface area contributed by atoms with Crippen molar-refractivity contribution in [3.05, 3.63) is 47.5 Å². The van der Waals surface area contributed by atoms with E-state index < -0.39 is 0 Å². The predicted octanol–water partition coefficient (Wildman–Crippen LogP) is 4.00. The molecule has 0 spiro atoms. The van der Waals surface area contributed by atoms with Crippen molar-refractivity contribution in [2.45, 2.75) is 0 Å². The number of hydrogen-bond acceptors (Lipinski definition) is 3. The Morgan fingerprint density at radius 2 is 1.48 bits per heavy atom. The zero-order valence-corrected chi connectivity index (χ0v) is 12.4. The number of carbonyl (C=O) groups is 1. The van der Waals surface area contributed by atoms with Crippen molar-refractivity contribution in [2.75, 3.05) is 24.9 Å². The number of ether oxygens (including phenoxy) is 2. The highest BCUT2D eigenvalue weighted by Gasteiger charge is 2.07. The molecule has 5 nitrogen and oxygen atoms in total. The van der Waals surface area contributed by atoms with Gasteiger partial charge in [-0.15, -0.1) is 0 Å². The minimum absolute atomic E-state index is 0.357. The average Bonchev–Trinajstić information content (AvgIpc) is 2.49. The molecule has 2 aromatic carbocycles. The number of nitrogens with one attached hydrogen (secondary N) is 2. The van der Waals surface area contributed by atoms with E-state index in [1.165, 1.54) is 7.11 Å². The lowest BCUT2D eigenvalue weighted by Crippen LogP contribution is -2.19. The van der Waals surface area contributed by atoms with Gasteiger partial charge in [0.1, 0.15) is 0 Å². The van der Waals surface area contributed by atoms with Crippen LogP contribution in [0.25, 0.3) is 0 Å². The lowest BCUT2D eigenvalue weighted by atomic mass is 10.2. The maximum Gasteiger partial charge on any atom is 0.323 e. The molecule has 0 bridgehead atoms. The summed E-state index contributed by atoms with van der Waals surface area (Å²) in [6.07, 6.45) is 0. The van der Waals surface area contributed by atoms with Gasteiger partial charge in [0.2, 0.25) is 0 Å². The van der Waals surface area contributed by atoms with Gasteiger partial charge >= 0.3 is 6.03 Å². The first-order chi connectivity index (χ1) is 10.1. The van der Waals surface area contributed by atoms with Crippen molar-refractivity contribution in [1.29, 1.82) is 0 Å². The molecule has 0 heterocycles. The van der Waals surface area contributed by atoms with Gasteiger partial charge in [-0.3, -0.25) is 0 Å². The first-order valence-electron chi connectivity index (χ1n) is 6.18. The number of benzene rings is 2. The summed E-state index contributed by atoms with van der Waals surface area (Å²) in [6, 6.07) is 11.6. The molecule has 0 saturated carbocycles. The van der Waals surface area contributed by atoms with Crippen molar-refractivity contribution < 1.29 is 14.3 Å². The summed E-state index contributed by atoms with van der Waals surface area (Å²) in [5, 5.41) is 6.03. The summed E-state index contributed by atoms with van der Waals surface area (Å²) < 4.78 is 10.3. The molecule has 0 unspecified atom stereocenters. The molecular formula is C15H15ClN2O3. The molecule has 6 heteroatoms. The van der Waals surface area contributed by atoms with E-state index in [2.05, 4.69) is 10.6 Å². The summed E-state index contributed by atoms with van der Waals surface area (Å²) in [4.78, 5) is 11.9. The second-order valence-corrected chi connectivity index (χ2v) is 4.59. The molecule has 0 aliphatic rings. The molecular weight excluding hydrogens is 292 g/mol. The van der Waals surface area contributed by atoms with Crippen molar-refractivity contribution >= 4 is 29.0 Å². The van der Waals surface area contributed by atoms with Gasteiger partial charge in [0.05, 0.1) is 14.2 Å². The first-order valence-corrected chi connectivity index (χ1v) is 6.56. The van der Waals surface area contributed by atoms with E-state index >= 15 is 0 Å². The molecule has 0 saturated heterocycles. The summed E-state index contributed by atoms with van der Waals surface area (Å²) in [5.74, 6) is 1.14. The smallest absolute Gasteiger partial charge is 0.323 e. The fourth-order valence-electron chi connectivity index (χ4n) is 1.74. The summed E-state index contributed by atoms with van der Waals surface area (Å²) >= 11 is 5.79. The summed E-state index contributed by atoms with van der Waals surface area (Å²) in [5.41, 5.74) is 1.25. The van der Waals surface area contributed by atoms with Crippen molar-refractivity contribution in [1.82, 2.24) is 0 Å². The van der Waals surface area contributed by atoms with Gasteiger partial charge in [-0.1, -0.05) is 11.6 Å². The molecule has 0 aliphatic carbocycles. The molecule has 2 N–H and O–H groups in total. The van der Waals surface area contributed by atoms with E-state index in [0.29, 0.717) is 27.9 Å². The Morgan fingerprint density at radius 1 is 0.905 bits per heavy atom. The number of urea groups is 1. The third-order valence-electron chi connectivity index (χ3n) is 2.74. The van der Waals surface area contributed by atoms with Crippen LogP contribution in [0.1, 0.15) is 0 Å². The average molecular weight is 307 g/mol. The molecule has 2 amide bonds. The molecule has 0 atom stereocenters. The van der Waals surface area contributed by atoms with Gasteiger partial charge in [-0.05, 0) is 36.4 Å². The van der Waals surface area contributed by atoms with Crippen molar-refractivity contribution in [2.24, 2.45) is 0 Å². The number of anilines is 2. The van der Waals surface area contributed by atoms with Gasteiger partial charge in [0.25, 0.3) is 0 Å². The third kappa shape index (κ3) is 4.03.